The highest BCUT2D eigenvalue weighted by atomic mass is 19.4. The zero-order valence-electron chi connectivity index (χ0n) is 12.4. The third-order valence-electron chi connectivity index (χ3n) is 4.37. The van der Waals surface area contributed by atoms with Gasteiger partial charge in [0.25, 0.3) is 0 Å². The molecular formula is C16H20F3NO. The molecule has 1 saturated heterocycles. The first kappa shape index (κ1) is 15.9. The monoisotopic (exact) mass is 299 g/mol. The average molecular weight is 299 g/mol. The lowest BCUT2D eigenvalue weighted by atomic mass is 9.85. The van der Waals surface area contributed by atoms with Gasteiger partial charge in [0.2, 0.25) is 0 Å². The van der Waals surface area contributed by atoms with E-state index in [1.165, 1.54) is 12.1 Å². The lowest BCUT2D eigenvalue weighted by Crippen LogP contribution is -2.46. The molecule has 1 aliphatic rings. The van der Waals surface area contributed by atoms with Crippen molar-refractivity contribution < 1.29 is 18.0 Å². The number of anilines is 1. The molecule has 21 heavy (non-hydrogen) atoms. The minimum Gasteiger partial charge on any atom is -0.368 e. The summed E-state index contributed by atoms with van der Waals surface area (Å²) in [5.41, 5.74) is -0.490. The molecule has 0 bridgehead atoms. The third-order valence-corrected chi connectivity index (χ3v) is 4.37. The molecule has 1 heterocycles. The molecule has 3 atom stereocenters. The summed E-state index contributed by atoms with van der Waals surface area (Å²) in [6.45, 7) is 6.70. The van der Waals surface area contributed by atoms with Crippen LogP contribution < -0.4 is 4.90 Å². The van der Waals surface area contributed by atoms with Gasteiger partial charge in [-0.15, -0.1) is 0 Å². The first-order valence-corrected chi connectivity index (χ1v) is 7.17. The van der Waals surface area contributed by atoms with Crippen LogP contribution in [0.3, 0.4) is 0 Å². The minimum absolute atomic E-state index is 0.0457. The molecule has 1 aromatic carbocycles. The van der Waals surface area contributed by atoms with E-state index in [-0.39, 0.29) is 17.3 Å². The van der Waals surface area contributed by atoms with E-state index in [1.807, 2.05) is 11.8 Å². The normalized spacial score (nSPS) is 26.8. The quantitative estimate of drug-likeness (QED) is 0.755. The van der Waals surface area contributed by atoms with Crippen molar-refractivity contribution in [2.45, 2.75) is 39.4 Å². The molecule has 0 amide bonds. The van der Waals surface area contributed by atoms with Gasteiger partial charge in [-0.05, 0) is 43.4 Å². The Morgan fingerprint density at radius 1 is 1.24 bits per heavy atom. The second-order valence-corrected chi connectivity index (χ2v) is 6.10. The third kappa shape index (κ3) is 3.22. The van der Waals surface area contributed by atoms with E-state index in [4.69, 9.17) is 0 Å². The maximum Gasteiger partial charge on any atom is 0.418 e. The Labute approximate surface area is 122 Å². The molecule has 0 N–H and O–H groups in total. The van der Waals surface area contributed by atoms with Crippen LogP contribution in [0.5, 0.6) is 0 Å². The number of aldehydes is 1. The van der Waals surface area contributed by atoms with Crippen LogP contribution in [0.4, 0.5) is 18.9 Å². The number of piperidine rings is 1. The molecule has 1 fully saturated rings. The number of hydrogen-bond acceptors (Lipinski definition) is 2. The number of carbonyl (C=O) groups is 1. The fourth-order valence-electron chi connectivity index (χ4n) is 3.14. The number of carbonyl (C=O) groups excluding carboxylic acids is 1. The summed E-state index contributed by atoms with van der Waals surface area (Å²) in [5, 5.41) is 0. The lowest BCUT2D eigenvalue weighted by molar-refractivity contribution is -0.137. The molecule has 2 rings (SSSR count). The van der Waals surface area contributed by atoms with Crippen molar-refractivity contribution in [2.75, 3.05) is 11.4 Å². The van der Waals surface area contributed by atoms with Gasteiger partial charge in [0.15, 0.2) is 0 Å². The molecule has 0 radical (unpaired) electrons. The van der Waals surface area contributed by atoms with Gasteiger partial charge in [0.1, 0.15) is 6.29 Å². The van der Waals surface area contributed by atoms with Crippen molar-refractivity contribution >= 4 is 12.0 Å². The highest BCUT2D eigenvalue weighted by molar-refractivity contribution is 5.77. The summed E-state index contributed by atoms with van der Waals surface area (Å²) < 4.78 is 39.9. The lowest BCUT2D eigenvalue weighted by Gasteiger charge is -2.43. The van der Waals surface area contributed by atoms with E-state index < -0.39 is 11.7 Å². The average Bonchev–Trinajstić information content (AvgIpc) is 2.41. The summed E-state index contributed by atoms with van der Waals surface area (Å²) in [6, 6.07) is 3.87. The number of alkyl halides is 3. The van der Waals surface area contributed by atoms with Gasteiger partial charge in [0, 0.05) is 23.8 Å². The Hall–Kier alpha value is -1.52. The second kappa shape index (κ2) is 5.70. The van der Waals surface area contributed by atoms with Crippen molar-refractivity contribution in [3.05, 3.63) is 29.3 Å². The Morgan fingerprint density at radius 3 is 2.48 bits per heavy atom. The van der Waals surface area contributed by atoms with Crippen LogP contribution in [0.25, 0.3) is 0 Å². The SMILES string of the molecule is CC1CC(C)C(C)N(c2ccc(C=O)cc2C(F)(F)F)C1. The Morgan fingerprint density at radius 2 is 1.90 bits per heavy atom. The fraction of sp³-hybridized carbons (Fsp3) is 0.562. The molecular weight excluding hydrogens is 279 g/mol. The van der Waals surface area contributed by atoms with Crippen LogP contribution in [-0.2, 0) is 6.18 Å². The molecule has 116 valence electrons. The Kier molecular flexibility index (Phi) is 4.30. The van der Waals surface area contributed by atoms with Gasteiger partial charge in [-0.1, -0.05) is 13.8 Å². The zero-order chi connectivity index (χ0) is 15.8. The molecule has 5 heteroatoms. The van der Waals surface area contributed by atoms with Crippen LogP contribution in [0.1, 0.15) is 43.1 Å². The van der Waals surface area contributed by atoms with E-state index in [1.54, 1.807) is 0 Å². The maximum absolute atomic E-state index is 13.3. The largest absolute Gasteiger partial charge is 0.418 e. The zero-order valence-corrected chi connectivity index (χ0v) is 12.4. The predicted molar refractivity (Wildman–Crippen MR) is 76.6 cm³/mol. The number of rotatable bonds is 2. The van der Waals surface area contributed by atoms with Gasteiger partial charge in [0.05, 0.1) is 5.56 Å². The smallest absolute Gasteiger partial charge is 0.368 e. The van der Waals surface area contributed by atoms with Crippen molar-refractivity contribution in [1.82, 2.24) is 0 Å². The topological polar surface area (TPSA) is 20.3 Å². The highest BCUT2D eigenvalue weighted by Crippen LogP contribution is 2.40. The van der Waals surface area contributed by atoms with Crippen LogP contribution in [0.15, 0.2) is 18.2 Å². The van der Waals surface area contributed by atoms with Crippen LogP contribution in [0.2, 0.25) is 0 Å². The predicted octanol–water partition coefficient (Wildman–Crippen LogP) is 4.39. The number of benzene rings is 1. The first-order valence-electron chi connectivity index (χ1n) is 7.17. The number of hydrogen-bond donors (Lipinski definition) is 0. The van der Waals surface area contributed by atoms with Gasteiger partial charge < -0.3 is 4.90 Å². The van der Waals surface area contributed by atoms with Gasteiger partial charge in [-0.2, -0.15) is 13.2 Å². The van der Waals surface area contributed by atoms with Crippen LogP contribution >= 0.6 is 0 Å². The van der Waals surface area contributed by atoms with Crippen molar-refractivity contribution in [2.24, 2.45) is 11.8 Å². The summed E-state index contributed by atoms with van der Waals surface area (Å²) in [7, 11) is 0. The first-order chi connectivity index (χ1) is 9.74. The van der Waals surface area contributed by atoms with E-state index in [0.717, 1.165) is 12.5 Å². The molecule has 3 unspecified atom stereocenters. The number of halogens is 3. The molecule has 2 nitrogen and oxygen atoms in total. The van der Waals surface area contributed by atoms with Gasteiger partial charge in [-0.25, -0.2) is 0 Å². The molecule has 0 aromatic heterocycles. The van der Waals surface area contributed by atoms with Gasteiger partial charge >= 0.3 is 6.18 Å². The van der Waals surface area contributed by atoms with Gasteiger partial charge in [-0.3, -0.25) is 4.79 Å². The van der Waals surface area contributed by atoms with Crippen LogP contribution in [-0.4, -0.2) is 18.9 Å². The minimum atomic E-state index is -4.46. The Bertz CT molecular complexity index is 527. The summed E-state index contributed by atoms with van der Waals surface area (Å²) in [6.07, 6.45) is -2.99. The molecule has 1 aromatic rings. The van der Waals surface area contributed by atoms with E-state index >= 15 is 0 Å². The second-order valence-electron chi connectivity index (χ2n) is 6.10. The fourth-order valence-corrected chi connectivity index (χ4v) is 3.14. The maximum atomic E-state index is 13.3. The molecule has 1 aliphatic heterocycles. The van der Waals surface area contributed by atoms with E-state index in [2.05, 4.69) is 13.8 Å². The summed E-state index contributed by atoms with van der Waals surface area (Å²) >= 11 is 0. The van der Waals surface area contributed by atoms with Crippen LogP contribution in [0, 0.1) is 11.8 Å². The summed E-state index contributed by atoms with van der Waals surface area (Å²) in [4.78, 5) is 12.6. The molecule has 0 aliphatic carbocycles. The Balaban J connectivity index is 2.49. The molecule has 0 spiro atoms. The standard InChI is InChI=1S/C16H20F3NO/c1-10-6-11(2)12(3)20(8-10)15-5-4-13(9-21)7-14(15)16(17,18)19/h4-5,7,9-12H,6,8H2,1-3H3. The van der Waals surface area contributed by atoms with Crippen molar-refractivity contribution in [3.63, 3.8) is 0 Å². The van der Waals surface area contributed by atoms with E-state index in [0.29, 0.717) is 24.7 Å². The molecule has 0 saturated carbocycles. The summed E-state index contributed by atoms with van der Waals surface area (Å²) in [5.74, 6) is 0.684. The number of nitrogens with zero attached hydrogens (tertiary/aromatic N) is 1. The van der Waals surface area contributed by atoms with E-state index in [9.17, 15) is 18.0 Å². The highest BCUT2D eigenvalue weighted by Gasteiger charge is 2.38. The van der Waals surface area contributed by atoms with Crippen molar-refractivity contribution in [1.29, 1.82) is 0 Å². The van der Waals surface area contributed by atoms with Crippen molar-refractivity contribution in [3.8, 4) is 0 Å².